The first-order valence-electron chi connectivity index (χ1n) is 5.96. The van der Waals surface area contributed by atoms with E-state index in [2.05, 4.69) is 17.2 Å². The smallest absolute Gasteiger partial charge is 0.153 e. The summed E-state index contributed by atoms with van der Waals surface area (Å²) in [6, 6.07) is 7.45. The van der Waals surface area contributed by atoms with Gasteiger partial charge in [0, 0.05) is 11.9 Å². The molecule has 0 spiro atoms. The summed E-state index contributed by atoms with van der Waals surface area (Å²) >= 11 is 0. The number of rotatable bonds is 5. The number of nitrogens with zero attached hydrogens (tertiary/aromatic N) is 1. The highest BCUT2D eigenvalue weighted by Gasteiger charge is 2.06. The van der Waals surface area contributed by atoms with Crippen LogP contribution in [0.1, 0.15) is 23.7 Å². The predicted octanol–water partition coefficient (Wildman–Crippen LogP) is 2.88. The Morgan fingerprint density at radius 2 is 2.22 bits per heavy atom. The molecule has 0 fully saturated rings. The number of benzene rings is 1. The maximum atomic E-state index is 11.1. The molecule has 0 amide bonds. The third-order valence-corrected chi connectivity index (χ3v) is 2.72. The van der Waals surface area contributed by atoms with Gasteiger partial charge in [-0.25, -0.2) is 4.98 Å². The van der Waals surface area contributed by atoms with Crippen LogP contribution in [0.5, 0.6) is 5.75 Å². The highest BCUT2D eigenvalue weighted by Crippen LogP contribution is 2.23. The topological polar surface area (TPSA) is 51.2 Å². The molecule has 1 aromatic carbocycles. The van der Waals surface area contributed by atoms with Crippen LogP contribution in [0.4, 0.5) is 5.82 Å². The van der Waals surface area contributed by atoms with Crippen molar-refractivity contribution in [3.63, 3.8) is 0 Å². The Labute approximate surface area is 106 Å². The van der Waals surface area contributed by atoms with E-state index in [0.717, 1.165) is 35.9 Å². The maximum absolute atomic E-state index is 11.1. The number of carbonyl (C=O) groups excluding carboxylic acids is 1. The van der Waals surface area contributed by atoms with E-state index in [-0.39, 0.29) is 0 Å². The molecule has 2 rings (SSSR count). The summed E-state index contributed by atoms with van der Waals surface area (Å²) in [6.45, 7) is 2.87. The number of pyridine rings is 1. The standard InChI is InChI=1S/C14H16N2O2/c1-3-6-15-14-11(9-17)7-10-8-12(18-2)4-5-13(10)16-14/h4-5,7-9H,3,6H2,1-2H3,(H,15,16). The Kier molecular flexibility index (Phi) is 3.77. The van der Waals surface area contributed by atoms with Crippen LogP contribution in [-0.2, 0) is 0 Å². The lowest BCUT2D eigenvalue weighted by molar-refractivity contribution is 0.112. The lowest BCUT2D eigenvalue weighted by Gasteiger charge is -2.09. The number of fused-ring (bicyclic) bond motifs is 1. The van der Waals surface area contributed by atoms with E-state index in [1.807, 2.05) is 24.3 Å². The zero-order chi connectivity index (χ0) is 13.0. The first-order chi connectivity index (χ1) is 8.78. The molecule has 1 aromatic heterocycles. The van der Waals surface area contributed by atoms with E-state index in [4.69, 9.17) is 4.74 Å². The molecule has 4 nitrogen and oxygen atoms in total. The predicted molar refractivity (Wildman–Crippen MR) is 72.5 cm³/mol. The number of aldehydes is 1. The van der Waals surface area contributed by atoms with Gasteiger partial charge in [-0.2, -0.15) is 0 Å². The van der Waals surface area contributed by atoms with E-state index in [1.54, 1.807) is 7.11 Å². The molecule has 0 atom stereocenters. The summed E-state index contributed by atoms with van der Waals surface area (Å²) in [6.07, 6.45) is 1.81. The summed E-state index contributed by atoms with van der Waals surface area (Å²) in [4.78, 5) is 15.5. The van der Waals surface area contributed by atoms with E-state index in [9.17, 15) is 4.79 Å². The summed E-state index contributed by atoms with van der Waals surface area (Å²) < 4.78 is 5.16. The number of hydrogen-bond acceptors (Lipinski definition) is 4. The average molecular weight is 244 g/mol. The van der Waals surface area contributed by atoms with Crippen molar-refractivity contribution in [2.24, 2.45) is 0 Å². The van der Waals surface area contributed by atoms with Gasteiger partial charge in [0.25, 0.3) is 0 Å². The molecule has 2 aromatic rings. The van der Waals surface area contributed by atoms with Crippen LogP contribution in [0.3, 0.4) is 0 Å². The van der Waals surface area contributed by atoms with Gasteiger partial charge in [0.1, 0.15) is 11.6 Å². The van der Waals surface area contributed by atoms with Crippen LogP contribution in [0, 0.1) is 0 Å². The first-order valence-corrected chi connectivity index (χ1v) is 5.96. The van der Waals surface area contributed by atoms with Crippen molar-refractivity contribution in [2.45, 2.75) is 13.3 Å². The van der Waals surface area contributed by atoms with E-state index < -0.39 is 0 Å². The minimum Gasteiger partial charge on any atom is -0.497 e. The fourth-order valence-electron chi connectivity index (χ4n) is 1.77. The summed E-state index contributed by atoms with van der Waals surface area (Å²) in [5.74, 6) is 1.40. The van der Waals surface area contributed by atoms with Gasteiger partial charge in [0.15, 0.2) is 6.29 Å². The summed E-state index contributed by atoms with van der Waals surface area (Å²) in [7, 11) is 1.62. The molecule has 0 aliphatic rings. The SMILES string of the molecule is CCCNc1nc2ccc(OC)cc2cc1C=O. The fraction of sp³-hybridized carbons (Fsp3) is 0.286. The van der Waals surface area contributed by atoms with Crippen LogP contribution >= 0.6 is 0 Å². The second-order valence-corrected chi connectivity index (χ2v) is 4.03. The monoisotopic (exact) mass is 244 g/mol. The Hall–Kier alpha value is -2.10. The minimum absolute atomic E-state index is 0.573. The van der Waals surface area contributed by atoms with Gasteiger partial charge in [-0.15, -0.1) is 0 Å². The number of anilines is 1. The van der Waals surface area contributed by atoms with Crippen molar-refractivity contribution in [1.29, 1.82) is 0 Å². The Balaban J connectivity index is 2.50. The molecule has 94 valence electrons. The van der Waals surface area contributed by atoms with Crippen molar-refractivity contribution in [2.75, 3.05) is 19.0 Å². The van der Waals surface area contributed by atoms with Crippen molar-refractivity contribution >= 4 is 23.0 Å². The molecule has 0 saturated carbocycles. The second kappa shape index (κ2) is 5.49. The molecule has 18 heavy (non-hydrogen) atoms. The number of hydrogen-bond donors (Lipinski definition) is 1. The number of aromatic nitrogens is 1. The Bertz CT molecular complexity index is 567. The second-order valence-electron chi connectivity index (χ2n) is 4.03. The maximum Gasteiger partial charge on any atom is 0.153 e. The molecule has 4 heteroatoms. The van der Waals surface area contributed by atoms with Crippen molar-refractivity contribution in [3.8, 4) is 5.75 Å². The average Bonchev–Trinajstić information content (AvgIpc) is 2.43. The number of methoxy groups -OCH3 is 1. The van der Waals surface area contributed by atoms with Gasteiger partial charge in [-0.1, -0.05) is 6.92 Å². The van der Waals surface area contributed by atoms with Gasteiger partial charge in [0.05, 0.1) is 18.2 Å². The molecule has 0 radical (unpaired) electrons. The van der Waals surface area contributed by atoms with Crippen LogP contribution in [-0.4, -0.2) is 24.9 Å². The Morgan fingerprint density at radius 1 is 1.39 bits per heavy atom. The number of nitrogens with one attached hydrogen (secondary N) is 1. The highest BCUT2D eigenvalue weighted by atomic mass is 16.5. The molecule has 0 aliphatic heterocycles. The van der Waals surface area contributed by atoms with Crippen LogP contribution in [0.15, 0.2) is 24.3 Å². The van der Waals surface area contributed by atoms with Gasteiger partial charge >= 0.3 is 0 Å². The van der Waals surface area contributed by atoms with Gasteiger partial charge in [-0.3, -0.25) is 4.79 Å². The van der Waals surface area contributed by atoms with Crippen LogP contribution in [0.2, 0.25) is 0 Å². The molecule has 0 saturated heterocycles. The minimum atomic E-state index is 0.573. The summed E-state index contributed by atoms with van der Waals surface area (Å²) in [5, 5.41) is 4.06. The normalized spacial score (nSPS) is 10.3. The largest absolute Gasteiger partial charge is 0.497 e. The quantitative estimate of drug-likeness (QED) is 0.822. The number of carbonyl (C=O) groups is 1. The molecule has 0 aliphatic carbocycles. The zero-order valence-corrected chi connectivity index (χ0v) is 10.6. The van der Waals surface area contributed by atoms with Crippen molar-refractivity contribution < 1.29 is 9.53 Å². The fourth-order valence-corrected chi connectivity index (χ4v) is 1.77. The molecule has 0 unspecified atom stereocenters. The van der Waals surface area contributed by atoms with E-state index >= 15 is 0 Å². The molecule has 1 heterocycles. The van der Waals surface area contributed by atoms with Crippen molar-refractivity contribution in [1.82, 2.24) is 4.98 Å². The van der Waals surface area contributed by atoms with Crippen molar-refractivity contribution in [3.05, 3.63) is 29.8 Å². The van der Waals surface area contributed by atoms with E-state index in [0.29, 0.717) is 11.4 Å². The Morgan fingerprint density at radius 3 is 2.89 bits per heavy atom. The van der Waals surface area contributed by atoms with Crippen LogP contribution < -0.4 is 10.1 Å². The van der Waals surface area contributed by atoms with Gasteiger partial charge < -0.3 is 10.1 Å². The molecule has 0 bridgehead atoms. The third-order valence-electron chi connectivity index (χ3n) is 2.72. The molecular weight excluding hydrogens is 228 g/mol. The number of ether oxygens (including phenoxy) is 1. The van der Waals surface area contributed by atoms with E-state index in [1.165, 1.54) is 0 Å². The van der Waals surface area contributed by atoms with Gasteiger partial charge in [-0.05, 0) is 30.7 Å². The lowest BCUT2D eigenvalue weighted by Crippen LogP contribution is -2.05. The third kappa shape index (κ3) is 2.42. The molecular formula is C14H16N2O2. The lowest BCUT2D eigenvalue weighted by atomic mass is 10.1. The summed E-state index contributed by atoms with van der Waals surface area (Å²) in [5.41, 5.74) is 1.42. The first kappa shape index (κ1) is 12.4. The molecule has 1 N–H and O–H groups in total. The van der Waals surface area contributed by atoms with Gasteiger partial charge in [0.2, 0.25) is 0 Å². The van der Waals surface area contributed by atoms with Crippen LogP contribution in [0.25, 0.3) is 10.9 Å². The highest BCUT2D eigenvalue weighted by molar-refractivity contribution is 5.92. The zero-order valence-electron chi connectivity index (χ0n) is 10.6.